The third-order valence-corrected chi connectivity index (χ3v) is 3.56. The van der Waals surface area contributed by atoms with Crippen LogP contribution in [0, 0.1) is 3.57 Å². The fourth-order valence-electron chi connectivity index (χ4n) is 1.99. The van der Waals surface area contributed by atoms with E-state index >= 15 is 0 Å². The van der Waals surface area contributed by atoms with Gasteiger partial charge >= 0.3 is 5.97 Å². The van der Waals surface area contributed by atoms with Crippen molar-refractivity contribution >= 4 is 45.9 Å². The van der Waals surface area contributed by atoms with Gasteiger partial charge in [-0.15, -0.1) is 0 Å². The lowest BCUT2D eigenvalue weighted by Gasteiger charge is -2.22. The van der Waals surface area contributed by atoms with Crippen LogP contribution in [-0.2, 0) is 14.3 Å². The molecule has 0 bridgehead atoms. The van der Waals surface area contributed by atoms with Crippen LogP contribution in [0.15, 0.2) is 18.2 Å². The van der Waals surface area contributed by atoms with Gasteiger partial charge in [0.15, 0.2) is 0 Å². The number of halogens is 1. The second-order valence-electron chi connectivity index (χ2n) is 4.09. The van der Waals surface area contributed by atoms with Gasteiger partial charge in [-0.3, -0.25) is 14.5 Å². The Balaban J connectivity index is 2.41. The van der Waals surface area contributed by atoms with Crippen LogP contribution in [0.25, 0.3) is 0 Å². The largest absolute Gasteiger partial charge is 0.464 e. The van der Waals surface area contributed by atoms with E-state index in [-0.39, 0.29) is 6.61 Å². The summed E-state index contributed by atoms with van der Waals surface area (Å²) in [7, 11) is 0. The summed E-state index contributed by atoms with van der Waals surface area (Å²) in [5, 5.41) is 0. The molecule has 0 saturated heterocycles. The zero-order valence-electron chi connectivity index (χ0n) is 10.5. The van der Waals surface area contributed by atoms with E-state index in [2.05, 4.69) is 22.6 Å². The highest BCUT2D eigenvalue weighted by Crippen LogP contribution is 2.32. The minimum atomic E-state index is -0.808. The molecule has 0 aliphatic carbocycles. The molecule has 0 aromatic heterocycles. The molecule has 1 aromatic carbocycles. The van der Waals surface area contributed by atoms with Crippen LogP contribution in [0.5, 0.6) is 0 Å². The maximum absolute atomic E-state index is 12.0. The van der Waals surface area contributed by atoms with Gasteiger partial charge in [0, 0.05) is 3.57 Å². The van der Waals surface area contributed by atoms with E-state index in [4.69, 9.17) is 4.74 Å². The lowest BCUT2D eigenvalue weighted by Crippen LogP contribution is -2.43. The highest BCUT2D eigenvalue weighted by molar-refractivity contribution is 14.1. The van der Waals surface area contributed by atoms with E-state index < -0.39 is 23.7 Å². The maximum atomic E-state index is 12.0. The van der Waals surface area contributed by atoms with E-state index in [0.29, 0.717) is 11.3 Å². The van der Waals surface area contributed by atoms with E-state index in [1.54, 1.807) is 32.0 Å². The van der Waals surface area contributed by atoms with Gasteiger partial charge in [-0.2, -0.15) is 0 Å². The number of Topliss-reactive ketones (excluding diaryl/α,β-unsaturated/α-hetero) is 1. The smallest absolute Gasteiger partial charge is 0.328 e. The van der Waals surface area contributed by atoms with Gasteiger partial charge in [-0.1, -0.05) is 0 Å². The average molecular weight is 373 g/mol. The van der Waals surface area contributed by atoms with Crippen molar-refractivity contribution < 1.29 is 19.1 Å². The molecule has 1 atom stereocenters. The molecule has 1 unspecified atom stereocenters. The molecule has 1 aliphatic heterocycles. The second kappa shape index (κ2) is 5.28. The molecule has 6 heteroatoms. The lowest BCUT2D eigenvalue weighted by atomic mass is 10.1. The summed E-state index contributed by atoms with van der Waals surface area (Å²) in [4.78, 5) is 36.8. The second-order valence-corrected chi connectivity index (χ2v) is 5.34. The Bertz CT molecular complexity index is 570. The Morgan fingerprint density at radius 2 is 2.11 bits per heavy atom. The number of hydrogen-bond acceptors (Lipinski definition) is 4. The van der Waals surface area contributed by atoms with Crippen molar-refractivity contribution in [3.63, 3.8) is 0 Å². The number of carbonyl (C=O) groups excluding carboxylic acids is 3. The van der Waals surface area contributed by atoms with Crippen molar-refractivity contribution in [2.75, 3.05) is 11.5 Å². The van der Waals surface area contributed by atoms with Gasteiger partial charge in [0.1, 0.15) is 6.04 Å². The summed E-state index contributed by atoms with van der Waals surface area (Å²) in [6.45, 7) is 3.48. The third kappa shape index (κ3) is 2.36. The Kier molecular flexibility index (Phi) is 3.88. The zero-order valence-corrected chi connectivity index (χ0v) is 12.6. The van der Waals surface area contributed by atoms with Crippen molar-refractivity contribution in [3.05, 3.63) is 27.3 Å². The predicted molar refractivity (Wildman–Crippen MR) is 77.1 cm³/mol. The van der Waals surface area contributed by atoms with Crippen LogP contribution in [0.3, 0.4) is 0 Å². The molecule has 2 rings (SSSR count). The number of benzene rings is 1. The standard InChI is InChI=1S/C13H12INO4/c1-3-19-13(18)7(2)15-10-5-4-8(14)6-9(10)11(16)12(15)17/h4-7H,3H2,1-2H3. The SMILES string of the molecule is CCOC(=O)C(C)N1C(=O)C(=O)c2cc(I)ccc21. The summed E-state index contributed by atoms with van der Waals surface area (Å²) in [5.41, 5.74) is 0.809. The number of nitrogens with zero attached hydrogens (tertiary/aromatic N) is 1. The quantitative estimate of drug-likeness (QED) is 0.460. The first-order chi connectivity index (χ1) is 8.97. The minimum absolute atomic E-state index is 0.235. The van der Waals surface area contributed by atoms with Crippen molar-refractivity contribution in [1.29, 1.82) is 0 Å². The van der Waals surface area contributed by atoms with Crippen molar-refractivity contribution in [1.82, 2.24) is 0 Å². The topological polar surface area (TPSA) is 63.7 Å². The first-order valence-corrected chi connectivity index (χ1v) is 6.89. The number of carbonyl (C=O) groups is 3. The highest BCUT2D eigenvalue weighted by atomic mass is 127. The number of anilines is 1. The van der Waals surface area contributed by atoms with Crippen LogP contribution in [0.2, 0.25) is 0 Å². The fraction of sp³-hybridized carbons (Fsp3) is 0.308. The molecule has 0 radical (unpaired) electrons. The molecule has 1 amide bonds. The first-order valence-electron chi connectivity index (χ1n) is 5.81. The number of amides is 1. The summed E-state index contributed by atoms with van der Waals surface area (Å²) in [5.74, 6) is -1.78. The molecule has 5 nitrogen and oxygen atoms in total. The van der Waals surface area contributed by atoms with Gasteiger partial charge in [0.25, 0.3) is 11.7 Å². The van der Waals surface area contributed by atoms with Crippen LogP contribution >= 0.6 is 22.6 Å². The number of ether oxygens (including phenoxy) is 1. The normalized spacial score (nSPS) is 15.4. The number of fused-ring (bicyclic) bond motifs is 1. The molecule has 1 heterocycles. The molecule has 100 valence electrons. The summed E-state index contributed by atoms with van der Waals surface area (Å²) < 4.78 is 5.76. The summed E-state index contributed by atoms with van der Waals surface area (Å²) in [6.07, 6.45) is 0. The monoisotopic (exact) mass is 373 g/mol. The van der Waals surface area contributed by atoms with E-state index in [0.717, 1.165) is 3.57 Å². The average Bonchev–Trinajstić information content (AvgIpc) is 2.62. The van der Waals surface area contributed by atoms with Gasteiger partial charge in [-0.05, 0) is 54.6 Å². The predicted octanol–water partition coefficient (Wildman–Crippen LogP) is 1.77. The van der Waals surface area contributed by atoms with Crippen molar-refractivity contribution in [2.45, 2.75) is 19.9 Å². The first kappa shape index (κ1) is 14.0. The van der Waals surface area contributed by atoms with Crippen LogP contribution in [0.1, 0.15) is 24.2 Å². The van der Waals surface area contributed by atoms with Crippen LogP contribution in [-0.4, -0.2) is 30.3 Å². The zero-order chi connectivity index (χ0) is 14.2. The molecule has 19 heavy (non-hydrogen) atoms. The molecular formula is C13H12INO4. The van der Waals surface area contributed by atoms with Gasteiger partial charge in [0.2, 0.25) is 0 Å². The number of ketones is 1. The van der Waals surface area contributed by atoms with Crippen LogP contribution < -0.4 is 4.90 Å². The van der Waals surface area contributed by atoms with Crippen LogP contribution in [0.4, 0.5) is 5.69 Å². The highest BCUT2D eigenvalue weighted by Gasteiger charge is 2.41. The van der Waals surface area contributed by atoms with E-state index in [1.165, 1.54) is 4.90 Å². The molecule has 1 aliphatic rings. The van der Waals surface area contributed by atoms with Crippen molar-refractivity contribution in [3.8, 4) is 0 Å². The molecule has 0 N–H and O–H groups in total. The molecule has 0 spiro atoms. The van der Waals surface area contributed by atoms with E-state index in [1.807, 2.05) is 0 Å². The summed E-state index contributed by atoms with van der Waals surface area (Å²) >= 11 is 2.07. The van der Waals surface area contributed by atoms with Gasteiger partial charge in [0.05, 0.1) is 17.9 Å². The van der Waals surface area contributed by atoms with Gasteiger partial charge in [-0.25, -0.2) is 4.79 Å². The number of hydrogen-bond donors (Lipinski definition) is 0. The Morgan fingerprint density at radius 3 is 2.74 bits per heavy atom. The summed E-state index contributed by atoms with van der Waals surface area (Å²) in [6, 6.07) is 4.30. The fourth-order valence-corrected chi connectivity index (χ4v) is 2.48. The van der Waals surface area contributed by atoms with E-state index in [9.17, 15) is 14.4 Å². The Hall–Kier alpha value is -1.44. The Labute approximate surface area is 124 Å². The molecular weight excluding hydrogens is 361 g/mol. The molecule has 1 aromatic rings. The molecule has 0 fully saturated rings. The number of esters is 1. The molecule has 0 saturated carbocycles. The maximum Gasteiger partial charge on any atom is 0.328 e. The number of rotatable bonds is 3. The third-order valence-electron chi connectivity index (χ3n) is 2.89. The lowest BCUT2D eigenvalue weighted by molar-refractivity contribution is -0.145. The van der Waals surface area contributed by atoms with Gasteiger partial charge < -0.3 is 4.74 Å². The van der Waals surface area contributed by atoms with Crippen molar-refractivity contribution in [2.24, 2.45) is 0 Å². The Morgan fingerprint density at radius 1 is 1.42 bits per heavy atom. The minimum Gasteiger partial charge on any atom is -0.464 e.